The lowest BCUT2D eigenvalue weighted by atomic mass is 10.2. The molecular formula is C12H9F2O. The van der Waals surface area contributed by atoms with Crippen LogP contribution in [0.1, 0.15) is 6.42 Å². The molecule has 0 saturated heterocycles. The number of ether oxygens (including phenoxy) is 1. The van der Waals surface area contributed by atoms with Gasteiger partial charge in [0.1, 0.15) is 5.76 Å². The van der Waals surface area contributed by atoms with Crippen LogP contribution in [0.5, 0.6) is 5.75 Å². The summed E-state index contributed by atoms with van der Waals surface area (Å²) < 4.78 is 31.2. The minimum absolute atomic E-state index is 0.0900. The van der Waals surface area contributed by atoms with Crippen LogP contribution in [0.15, 0.2) is 42.2 Å². The third-order valence-corrected chi connectivity index (χ3v) is 2.00. The largest absolute Gasteiger partial charge is 0.455 e. The highest BCUT2D eigenvalue weighted by Crippen LogP contribution is 2.22. The number of hydrogen-bond donors (Lipinski definition) is 0. The molecule has 1 aromatic rings. The van der Waals surface area contributed by atoms with E-state index in [0.717, 1.165) is 12.5 Å². The lowest BCUT2D eigenvalue weighted by Crippen LogP contribution is -1.98. The van der Waals surface area contributed by atoms with E-state index in [-0.39, 0.29) is 5.75 Å². The summed E-state index contributed by atoms with van der Waals surface area (Å²) in [4.78, 5) is 0. The van der Waals surface area contributed by atoms with Gasteiger partial charge in [0.05, 0.1) is 0 Å². The topological polar surface area (TPSA) is 9.23 Å². The van der Waals surface area contributed by atoms with Crippen molar-refractivity contribution in [1.29, 1.82) is 0 Å². The summed E-state index contributed by atoms with van der Waals surface area (Å²) in [6.45, 7) is 0. The van der Waals surface area contributed by atoms with E-state index in [1.54, 1.807) is 12.2 Å². The molecule has 0 spiro atoms. The molecule has 1 aliphatic carbocycles. The average Bonchev–Trinajstić information content (AvgIpc) is 2.26. The highest BCUT2D eigenvalue weighted by Gasteiger charge is 2.10. The molecule has 3 heteroatoms. The molecule has 0 aliphatic heterocycles. The second-order valence-electron chi connectivity index (χ2n) is 3.09. The smallest absolute Gasteiger partial charge is 0.201 e. The van der Waals surface area contributed by atoms with Crippen LogP contribution in [0.25, 0.3) is 0 Å². The zero-order chi connectivity index (χ0) is 10.7. The van der Waals surface area contributed by atoms with Gasteiger partial charge in [-0.3, -0.25) is 0 Å². The third-order valence-electron chi connectivity index (χ3n) is 2.00. The molecular weight excluding hydrogens is 198 g/mol. The van der Waals surface area contributed by atoms with Crippen LogP contribution in [0, 0.1) is 18.1 Å². The maximum absolute atomic E-state index is 13.2. The first kappa shape index (κ1) is 9.90. The van der Waals surface area contributed by atoms with Crippen LogP contribution in [-0.2, 0) is 0 Å². The average molecular weight is 207 g/mol. The van der Waals surface area contributed by atoms with Gasteiger partial charge in [0, 0.05) is 0 Å². The molecule has 0 heterocycles. The Morgan fingerprint density at radius 1 is 1.20 bits per heavy atom. The number of hydrogen-bond acceptors (Lipinski definition) is 1. The summed E-state index contributed by atoms with van der Waals surface area (Å²) in [6.07, 6.45) is 7.99. The third kappa shape index (κ3) is 2.24. The number of benzene rings is 1. The Balaban J connectivity index is 2.20. The summed E-state index contributed by atoms with van der Waals surface area (Å²) in [5.41, 5.74) is 0. The van der Waals surface area contributed by atoms with Crippen molar-refractivity contribution in [2.45, 2.75) is 6.42 Å². The molecule has 2 rings (SSSR count). The quantitative estimate of drug-likeness (QED) is 0.722. The fraction of sp³-hybridized carbons (Fsp3) is 0.0833. The zero-order valence-electron chi connectivity index (χ0n) is 7.91. The van der Waals surface area contributed by atoms with Gasteiger partial charge in [0.25, 0.3) is 0 Å². The van der Waals surface area contributed by atoms with Gasteiger partial charge in [0.15, 0.2) is 11.6 Å². The normalized spacial score (nSPS) is 14.9. The van der Waals surface area contributed by atoms with Crippen molar-refractivity contribution in [1.82, 2.24) is 0 Å². The summed E-state index contributed by atoms with van der Waals surface area (Å²) in [5, 5.41) is 0. The van der Waals surface area contributed by atoms with E-state index in [2.05, 4.69) is 0 Å². The van der Waals surface area contributed by atoms with Crippen molar-refractivity contribution in [3.05, 3.63) is 60.2 Å². The highest BCUT2D eigenvalue weighted by atomic mass is 19.2. The van der Waals surface area contributed by atoms with Crippen molar-refractivity contribution in [3.63, 3.8) is 0 Å². The molecule has 1 radical (unpaired) electrons. The maximum Gasteiger partial charge on any atom is 0.201 e. The monoisotopic (exact) mass is 207 g/mol. The van der Waals surface area contributed by atoms with Gasteiger partial charge >= 0.3 is 0 Å². The molecule has 0 saturated carbocycles. The maximum atomic E-state index is 13.2. The molecule has 77 valence electrons. The summed E-state index contributed by atoms with van der Waals surface area (Å²) in [7, 11) is 0. The van der Waals surface area contributed by atoms with E-state index in [4.69, 9.17) is 4.74 Å². The van der Waals surface area contributed by atoms with Gasteiger partial charge in [-0.2, -0.15) is 4.39 Å². The van der Waals surface area contributed by atoms with Gasteiger partial charge in [-0.15, -0.1) is 0 Å². The summed E-state index contributed by atoms with van der Waals surface area (Å²) in [6, 6.07) is 3.86. The van der Waals surface area contributed by atoms with E-state index < -0.39 is 11.6 Å². The van der Waals surface area contributed by atoms with E-state index >= 15 is 0 Å². The Bertz CT molecular complexity index is 422. The van der Waals surface area contributed by atoms with Gasteiger partial charge in [0.2, 0.25) is 5.82 Å². The molecule has 0 atom stereocenters. The molecule has 1 aliphatic rings. The zero-order valence-corrected chi connectivity index (χ0v) is 7.91. The van der Waals surface area contributed by atoms with Crippen LogP contribution in [0.3, 0.4) is 0 Å². The molecule has 0 bridgehead atoms. The molecule has 0 aromatic heterocycles. The molecule has 1 nitrogen and oxygen atoms in total. The molecule has 15 heavy (non-hydrogen) atoms. The Kier molecular flexibility index (Phi) is 2.81. The predicted octanol–water partition coefficient (Wildman–Crippen LogP) is 3.39. The highest BCUT2D eigenvalue weighted by molar-refractivity contribution is 5.31. The Morgan fingerprint density at radius 2 is 2.07 bits per heavy atom. The van der Waals surface area contributed by atoms with Gasteiger partial charge < -0.3 is 4.74 Å². The first-order chi connectivity index (χ1) is 7.27. The SMILES string of the molecule is Fc1cccc(OC2=CC[CH]C=C2)c1F. The van der Waals surface area contributed by atoms with Crippen LogP contribution in [-0.4, -0.2) is 0 Å². The van der Waals surface area contributed by atoms with Crippen LogP contribution < -0.4 is 4.74 Å². The molecule has 0 fully saturated rings. The van der Waals surface area contributed by atoms with Crippen molar-refractivity contribution in [3.8, 4) is 5.75 Å². The van der Waals surface area contributed by atoms with Gasteiger partial charge in [-0.05, 0) is 37.1 Å². The Labute approximate surface area is 86.7 Å². The predicted molar refractivity (Wildman–Crippen MR) is 53.1 cm³/mol. The van der Waals surface area contributed by atoms with Crippen molar-refractivity contribution in [2.24, 2.45) is 0 Å². The van der Waals surface area contributed by atoms with Crippen LogP contribution in [0.2, 0.25) is 0 Å². The Morgan fingerprint density at radius 3 is 2.80 bits per heavy atom. The first-order valence-electron chi connectivity index (χ1n) is 4.59. The number of halogens is 2. The first-order valence-corrected chi connectivity index (χ1v) is 4.59. The minimum atomic E-state index is -0.957. The van der Waals surface area contributed by atoms with Crippen molar-refractivity contribution >= 4 is 0 Å². The minimum Gasteiger partial charge on any atom is -0.455 e. The fourth-order valence-corrected chi connectivity index (χ4v) is 1.26. The Hall–Kier alpha value is -1.64. The molecule has 0 N–H and O–H groups in total. The van der Waals surface area contributed by atoms with Gasteiger partial charge in [-0.1, -0.05) is 12.1 Å². The second kappa shape index (κ2) is 4.26. The van der Waals surface area contributed by atoms with Crippen LogP contribution in [0.4, 0.5) is 8.78 Å². The van der Waals surface area contributed by atoms with Crippen molar-refractivity contribution < 1.29 is 13.5 Å². The lowest BCUT2D eigenvalue weighted by Gasteiger charge is -2.09. The van der Waals surface area contributed by atoms with Gasteiger partial charge in [-0.25, -0.2) is 4.39 Å². The number of rotatable bonds is 2. The molecule has 0 amide bonds. The lowest BCUT2D eigenvalue weighted by molar-refractivity contribution is 0.391. The summed E-state index contributed by atoms with van der Waals surface area (Å²) >= 11 is 0. The van der Waals surface area contributed by atoms with E-state index in [0.29, 0.717) is 5.76 Å². The standard InChI is InChI=1S/C12H9F2O/c13-10-7-4-8-11(12(10)14)15-9-5-2-1-3-6-9/h1-2,4-8H,3H2. The molecule has 0 unspecified atom stereocenters. The molecule has 1 aromatic carbocycles. The fourth-order valence-electron chi connectivity index (χ4n) is 1.26. The van der Waals surface area contributed by atoms with E-state index in [9.17, 15) is 8.78 Å². The van der Waals surface area contributed by atoms with Crippen LogP contribution >= 0.6 is 0 Å². The number of allylic oxidation sites excluding steroid dienone is 3. The second-order valence-corrected chi connectivity index (χ2v) is 3.09. The van der Waals surface area contributed by atoms with E-state index in [1.165, 1.54) is 12.1 Å². The van der Waals surface area contributed by atoms with E-state index in [1.807, 2.05) is 12.5 Å². The van der Waals surface area contributed by atoms with Crippen molar-refractivity contribution in [2.75, 3.05) is 0 Å². The summed E-state index contributed by atoms with van der Waals surface area (Å²) in [5.74, 6) is -1.42.